The predicted molar refractivity (Wildman–Crippen MR) is 50.7 cm³/mol. The summed E-state index contributed by atoms with van der Waals surface area (Å²) >= 11 is 0. The molecule has 0 radical (unpaired) electrons. The molecule has 1 unspecified atom stereocenters. The van der Waals surface area contributed by atoms with Crippen LogP contribution in [0.5, 0.6) is 0 Å². The summed E-state index contributed by atoms with van der Waals surface area (Å²) in [5.74, 6) is -0.397. The van der Waals surface area contributed by atoms with Crippen molar-refractivity contribution in [2.45, 2.75) is 25.3 Å². The van der Waals surface area contributed by atoms with Gasteiger partial charge in [-0.25, -0.2) is 0 Å². The minimum absolute atomic E-state index is 0.190. The lowest BCUT2D eigenvalue weighted by Gasteiger charge is -2.07. The summed E-state index contributed by atoms with van der Waals surface area (Å²) in [6.07, 6.45) is 2.18. The molecule has 0 bridgehead atoms. The van der Waals surface area contributed by atoms with Crippen LogP contribution in [0, 0.1) is 0 Å². The number of carbonyl (C=O) groups is 2. The minimum atomic E-state index is -0.329. The number of rotatable bonds is 6. The smallest absolute Gasteiger partial charge is 0.244 e. The van der Waals surface area contributed by atoms with Gasteiger partial charge in [0, 0.05) is 13.7 Å². The Morgan fingerprint density at radius 2 is 2.29 bits per heavy atom. The highest BCUT2D eigenvalue weighted by Crippen LogP contribution is 2.01. The van der Waals surface area contributed by atoms with Crippen molar-refractivity contribution in [1.82, 2.24) is 10.6 Å². The summed E-state index contributed by atoms with van der Waals surface area (Å²) in [4.78, 5) is 21.9. The van der Waals surface area contributed by atoms with Crippen molar-refractivity contribution in [3.63, 3.8) is 0 Å². The van der Waals surface area contributed by atoms with Crippen molar-refractivity contribution in [1.29, 1.82) is 0 Å². The molecule has 0 spiro atoms. The van der Waals surface area contributed by atoms with E-state index in [0.29, 0.717) is 0 Å². The molecule has 1 aliphatic heterocycles. The average molecular weight is 200 g/mol. The monoisotopic (exact) mass is 200 g/mol. The SMILES string of the molecule is COCCCCNC1CC(=O)NC1=O. The van der Waals surface area contributed by atoms with Crippen LogP contribution in [0.15, 0.2) is 0 Å². The minimum Gasteiger partial charge on any atom is -0.385 e. The summed E-state index contributed by atoms with van der Waals surface area (Å²) < 4.78 is 4.89. The van der Waals surface area contributed by atoms with E-state index in [4.69, 9.17) is 4.74 Å². The van der Waals surface area contributed by atoms with E-state index in [1.807, 2.05) is 0 Å². The number of hydrogen-bond donors (Lipinski definition) is 2. The second-order valence-electron chi connectivity index (χ2n) is 3.32. The predicted octanol–water partition coefficient (Wildman–Crippen LogP) is -0.582. The van der Waals surface area contributed by atoms with Crippen LogP contribution in [0.1, 0.15) is 19.3 Å². The van der Waals surface area contributed by atoms with Crippen LogP contribution < -0.4 is 10.6 Å². The van der Waals surface area contributed by atoms with Gasteiger partial charge in [-0.05, 0) is 19.4 Å². The summed E-state index contributed by atoms with van der Waals surface area (Å²) in [6.45, 7) is 1.48. The third-order valence-electron chi connectivity index (χ3n) is 2.13. The van der Waals surface area contributed by atoms with Gasteiger partial charge in [0.2, 0.25) is 11.8 Å². The average Bonchev–Trinajstić information content (AvgIpc) is 2.45. The molecule has 1 atom stereocenters. The molecule has 80 valence electrons. The summed E-state index contributed by atoms with van der Waals surface area (Å²) in [5, 5.41) is 5.29. The molecule has 1 aliphatic rings. The standard InChI is InChI=1S/C9H16N2O3/c1-14-5-3-2-4-10-7-6-8(12)11-9(7)13/h7,10H,2-6H2,1H3,(H,11,12,13). The maximum Gasteiger partial charge on any atom is 0.244 e. The first-order valence-electron chi connectivity index (χ1n) is 4.80. The zero-order valence-corrected chi connectivity index (χ0v) is 8.34. The van der Waals surface area contributed by atoms with Crippen LogP contribution in [0.2, 0.25) is 0 Å². The van der Waals surface area contributed by atoms with E-state index < -0.39 is 0 Å². The molecule has 0 aromatic rings. The second-order valence-corrected chi connectivity index (χ2v) is 3.32. The number of amides is 2. The molecule has 0 aromatic carbocycles. The zero-order valence-electron chi connectivity index (χ0n) is 8.34. The molecular formula is C9H16N2O3. The Balaban J connectivity index is 2.07. The van der Waals surface area contributed by atoms with Gasteiger partial charge in [-0.1, -0.05) is 0 Å². The van der Waals surface area contributed by atoms with Crippen LogP contribution >= 0.6 is 0 Å². The molecule has 1 fully saturated rings. The highest BCUT2D eigenvalue weighted by molar-refractivity contribution is 6.05. The summed E-state index contributed by atoms with van der Waals surface area (Å²) in [5.41, 5.74) is 0. The highest BCUT2D eigenvalue weighted by Gasteiger charge is 2.29. The van der Waals surface area contributed by atoms with E-state index >= 15 is 0 Å². The fraction of sp³-hybridized carbons (Fsp3) is 0.778. The second kappa shape index (κ2) is 5.72. The van der Waals surface area contributed by atoms with Gasteiger partial charge in [-0.2, -0.15) is 0 Å². The Morgan fingerprint density at radius 3 is 2.86 bits per heavy atom. The van der Waals surface area contributed by atoms with E-state index in [9.17, 15) is 9.59 Å². The molecule has 1 rings (SSSR count). The number of imide groups is 1. The molecule has 2 amide bonds. The van der Waals surface area contributed by atoms with Gasteiger partial charge in [0.05, 0.1) is 12.5 Å². The normalized spacial score (nSPS) is 21.4. The van der Waals surface area contributed by atoms with Crippen LogP contribution in [0.25, 0.3) is 0 Å². The first-order valence-corrected chi connectivity index (χ1v) is 4.80. The maximum atomic E-state index is 11.1. The van der Waals surface area contributed by atoms with Gasteiger partial charge in [0.15, 0.2) is 0 Å². The van der Waals surface area contributed by atoms with Gasteiger partial charge in [-0.3, -0.25) is 14.9 Å². The van der Waals surface area contributed by atoms with Gasteiger partial charge >= 0.3 is 0 Å². The molecule has 1 heterocycles. The Hall–Kier alpha value is -0.940. The topological polar surface area (TPSA) is 67.4 Å². The fourth-order valence-corrected chi connectivity index (χ4v) is 1.37. The van der Waals surface area contributed by atoms with Crippen LogP contribution in [-0.2, 0) is 14.3 Å². The van der Waals surface area contributed by atoms with E-state index in [-0.39, 0.29) is 24.3 Å². The lowest BCUT2D eigenvalue weighted by Crippen LogP contribution is -2.36. The molecule has 0 saturated carbocycles. The van der Waals surface area contributed by atoms with Crippen molar-refractivity contribution in [3.8, 4) is 0 Å². The molecular weight excluding hydrogens is 184 g/mol. The third kappa shape index (κ3) is 3.43. The molecule has 5 nitrogen and oxygen atoms in total. The lowest BCUT2D eigenvalue weighted by atomic mass is 10.2. The largest absolute Gasteiger partial charge is 0.385 e. The first-order chi connectivity index (χ1) is 6.74. The molecule has 0 aliphatic carbocycles. The molecule has 5 heteroatoms. The Bertz CT molecular complexity index is 218. The Kier molecular flexibility index (Phi) is 4.55. The number of hydrogen-bond acceptors (Lipinski definition) is 4. The quantitative estimate of drug-likeness (QED) is 0.444. The molecule has 14 heavy (non-hydrogen) atoms. The molecule has 0 aromatic heterocycles. The van der Waals surface area contributed by atoms with Crippen LogP contribution in [-0.4, -0.2) is 38.1 Å². The first kappa shape index (κ1) is 11.1. The van der Waals surface area contributed by atoms with E-state index in [2.05, 4.69) is 10.6 Å². The van der Waals surface area contributed by atoms with E-state index in [1.165, 1.54) is 0 Å². The number of nitrogens with one attached hydrogen (secondary N) is 2. The summed E-state index contributed by atoms with van der Waals surface area (Å²) in [6, 6.07) is -0.329. The molecule has 1 saturated heterocycles. The number of unbranched alkanes of at least 4 members (excludes halogenated alkanes) is 1. The number of carbonyl (C=O) groups excluding carboxylic acids is 2. The third-order valence-corrected chi connectivity index (χ3v) is 2.13. The van der Waals surface area contributed by atoms with Crippen molar-refractivity contribution in [3.05, 3.63) is 0 Å². The highest BCUT2D eigenvalue weighted by atomic mass is 16.5. The zero-order chi connectivity index (χ0) is 10.4. The molecule has 2 N–H and O–H groups in total. The van der Waals surface area contributed by atoms with E-state index in [1.54, 1.807) is 7.11 Å². The maximum absolute atomic E-state index is 11.1. The Labute approximate surface area is 83.2 Å². The van der Waals surface area contributed by atoms with Gasteiger partial charge < -0.3 is 10.1 Å². The van der Waals surface area contributed by atoms with Crippen LogP contribution in [0.4, 0.5) is 0 Å². The van der Waals surface area contributed by atoms with Gasteiger partial charge in [-0.15, -0.1) is 0 Å². The van der Waals surface area contributed by atoms with Crippen molar-refractivity contribution in [2.24, 2.45) is 0 Å². The number of methoxy groups -OCH3 is 1. The van der Waals surface area contributed by atoms with Gasteiger partial charge in [0.25, 0.3) is 0 Å². The van der Waals surface area contributed by atoms with Crippen LogP contribution in [0.3, 0.4) is 0 Å². The van der Waals surface area contributed by atoms with E-state index in [0.717, 1.165) is 26.0 Å². The van der Waals surface area contributed by atoms with Gasteiger partial charge in [0.1, 0.15) is 0 Å². The van der Waals surface area contributed by atoms with Crippen molar-refractivity contribution < 1.29 is 14.3 Å². The van der Waals surface area contributed by atoms with Crippen molar-refractivity contribution >= 4 is 11.8 Å². The number of ether oxygens (including phenoxy) is 1. The lowest BCUT2D eigenvalue weighted by molar-refractivity contribution is -0.125. The summed E-state index contributed by atoms with van der Waals surface area (Å²) in [7, 11) is 1.66. The fourth-order valence-electron chi connectivity index (χ4n) is 1.37. The Morgan fingerprint density at radius 1 is 1.50 bits per heavy atom. The van der Waals surface area contributed by atoms with Crippen molar-refractivity contribution in [2.75, 3.05) is 20.3 Å².